The fourth-order valence-corrected chi connectivity index (χ4v) is 3.76. The Morgan fingerprint density at radius 2 is 1.81 bits per heavy atom. The number of benzene rings is 1. The summed E-state index contributed by atoms with van der Waals surface area (Å²) in [6.07, 6.45) is 4.96. The summed E-state index contributed by atoms with van der Waals surface area (Å²) in [7, 11) is 0. The van der Waals surface area contributed by atoms with E-state index >= 15 is 0 Å². The molecule has 3 unspecified atom stereocenters. The normalized spacial score (nSPS) is 13.7. The molecule has 36 heavy (non-hydrogen) atoms. The molecule has 12 heteroatoms. The summed E-state index contributed by atoms with van der Waals surface area (Å²) in [5.41, 5.74) is 8.49. The first-order valence-electron chi connectivity index (χ1n) is 11.5. The topological polar surface area (TPSA) is 195 Å². The van der Waals surface area contributed by atoms with Crippen LogP contribution in [0.4, 0.5) is 0 Å². The van der Waals surface area contributed by atoms with E-state index in [-0.39, 0.29) is 18.8 Å². The maximum absolute atomic E-state index is 12.8. The number of hydrogen-bond acceptors (Lipinski definition) is 6. The molecule has 2 heterocycles. The van der Waals surface area contributed by atoms with E-state index in [0.717, 1.165) is 16.5 Å². The number of hydrogen-bond donors (Lipinski definition) is 7. The fourth-order valence-electron chi connectivity index (χ4n) is 3.76. The van der Waals surface area contributed by atoms with Gasteiger partial charge in [-0.2, -0.15) is 0 Å². The molecule has 0 radical (unpaired) electrons. The second-order valence-corrected chi connectivity index (χ2v) is 8.86. The van der Waals surface area contributed by atoms with Crippen molar-refractivity contribution in [2.24, 2.45) is 11.7 Å². The third-order valence-electron chi connectivity index (χ3n) is 5.73. The van der Waals surface area contributed by atoms with Gasteiger partial charge in [-0.15, -0.1) is 0 Å². The summed E-state index contributed by atoms with van der Waals surface area (Å²) in [5.74, 6) is -3.26. The van der Waals surface area contributed by atoms with E-state index in [0.29, 0.717) is 5.69 Å². The van der Waals surface area contributed by atoms with Gasteiger partial charge in [0.25, 0.3) is 0 Å². The Hall–Kier alpha value is -4.19. The van der Waals surface area contributed by atoms with E-state index in [2.05, 4.69) is 30.9 Å². The van der Waals surface area contributed by atoms with Gasteiger partial charge in [0.05, 0.1) is 18.9 Å². The van der Waals surface area contributed by atoms with Crippen LogP contribution in [0.25, 0.3) is 10.9 Å². The zero-order valence-electron chi connectivity index (χ0n) is 20.1. The lowest BCUT2D eigenvalue weighted by Gasteiger charge is -2.23. The Kier molecular flexibility index (Phi) is 8.79. The van der Waals surface area contributed by atoms with Gasteiger partial charge in [-0.05, 0) is 24.0 Å². The van der Waals surface area contributed by atoms with Gasteiger partial charge in [0.15, 0.2) is 0 Å². The van der Waals surface area contributed by atoms with Crippen molar-refractivity contribution in [1.29, 1.82) is 0 Å². The van der Waals surface area contributed by atoms with Crippen molar-refractivity contribution in [2.75, 3.05) is 6.54 Å². The second-order valence-electron chi connectivity index (χ2n) is 8.86. The number of carboxylic acid groups (broad SMARTS) is 1. The van der Waals surface area contributed by atoms with E-state index < -0.39 is 48.4 Å². The number of aliphatic carboxylic acids is 1. The van der Waals surface area contributed by atoms with E-state index in [4.69, 9.17) is 5.73 Å². The highest BCUT2D eigenvalue weighted by Gasteiger charge is 2.28. The van der Waals surface area contributed by atoms with Crippen LogP contribution in [-0.4, -0.2) is 68.4 Å². The van der Waals surface area contributed by atoms with Crippen molar-refractivity contribution in [3.05, 3.63) is 54.2 Å². The molecule has 3 rings (SSSR count). The van der Waals surface area contributed by atoms with Gasteiger partial charge < -0.3 is 36.8 Å². The van der Waals surface area contributed by atoms with E-state index in [1.807, 2.05) is 24.3 Å². The summed E-state index contributed by atoms with van der Waals surface area (Å²) in [4.78, 5) is 59.0. The lowest BCUT2D eigenvalue weighted by molar-refractivity contribution is -0.141. The van der Waals surface area contributed by atoms with Crippen LogP contribution < -0.4 is 21.7 Å². The molecule has 3 aromatic rings. The van der Waals surface area contributed by atoms with Crippen LogP contribution >= 0.6 is 0 Å². The highest BCUT2D eigenvalue weighted by Crippen LogP contribution is 2.18. The average Bonchev–Trinajstić information content (AvgIpc) is 3.50. The number of carbonyl (C=O) groups is 4. The SMILES string of the molecule is CC(C)C(NC(=O)C(N)Cc1c[nH]c2ccccc12)C(=O)NCC(=O)NC(Cc1cnc[nH]1)C(=O)O. The smallest absolute Gasteiger partial charge is 0.326 e. The molecule has 0 spiro atoms. The predicted octanol–water partition coefficient (Wildman–Crippen LogP) is -0.170. The molecule has 12 nitrogen and oxygen atoms in total. The number of carbonyl (C=O) groups excluding carboxylic acids is 3. The molecule has 3 amide bonds. The maximum atomic E-state index is 12.8. The Bertz CT molecular complexity index is 1200. The number of nitrogens with zero attached hydrogens (tertiary/aromatic N) is 1. The number of fused-ring (bicyclic) bond motifs is 1. The van der Waals surface area contributed by atoms with E-state index in [1.165, 1.54) is 12.5 Å². The van der Waals surface area contributed by atoms with Crippen LogP contribution in [0.15, 0.2) is 43.0 Å². The minimum atomic E-state index is -1.22. The summed E-state index contributed by atoms with van der Waals surface area (Å²) < 4.78 is 0. The van der Waals surface area contributed by atoms with Crippen molar-refractivity contribution in [1.82, 2.24) is 30.9 Å². The Balaban J connectivity index is 1.53. The minimum absolute atomic E-state index is 0.00795. The molecule has 0 aliphatic heterocycles. The zero-order chi connectivity index (χ0) is 26.2. The van der Waals surface area contributed by atoms with Crippen molar-refractivity contribution in [3.63, 3.8) is 0 Å². The lowest BCUT2D eigenvalue weighted by Crippen LogP contribution is -2.55. The van der Waals surface area contributed by atoms with Crippen LogP contribution in [0.5, 0.6) is 0 Å². The van der Waals surface area contributed by atoms with Crippen LogP contribution in [-0.2, 0) is 32.0 Å². The van der Waals surface area contributed by atoms with Crippen molar-refractivity contribution in [3.8, 4) is 0 Å². The first-order valence-corrected chi connectivity index (χ1v) is 11.5. The van der Waals surface area contributed by atoms with Crippen LogP contribution in [0.2, 0.25) is 0 Å². The number of rotatable bonds is 12. The molecule has 0 aliphatic rings. The summed E-state index contributed by atoms with van der Waals surface area (Å²) in [5, 5.41) is 17.8. The molecule has 0 bridgehead atoms. The van der Waals surface area contributed by atoms with Gasteiger partial charge in [-0.25, -0.2) is 9.78 Å². The molecule has 0 aliphatic carbocycles. The standard InChI is InChI=1S/C24H31N7O5/c1-13(2)21(31-22(33)17(25)7-14-9-27-18-6-4-3-5-16(14)18)23(34)28-11-20(32)30-19(24(35)36)8-15-10-26-12-29-15/h3-6,9-10,12-13,17,19,21,27H,7-8,11,25H2,1-2H3,(H,26,29)(H,28,34)(H,30,32)(H,31,33)(H,35,36). The van der Waals surface area contributed by atoms with Crippen LogP contribution in [0.3, 0.4) is 0 Å². The number of aromatic nitrogens is 3. The largest absolute Gasteiger partial charge is 0.480 e. The molecule has 8 N–H and O–H groups in total. The number of para-hydroxylation sites is 1. The van der Waals surface area contributed by atoms with E-state index in [9.17, 15) is 24.3 Å². The monoisotopic (exact) mass is 497 g/mol. The molecular formula is C24H31N7O5. The Morgan fingerprint density at radius 1 is 1.06 bits per heavy atom. The average molecular weight is 498 g/mol. The highest BCUT2D eigenvalue weighted by atomic mass is 16.4. The van der Waals surface area contributed by atoms with Gasteiger partial charge in [0.2, 0.25) is 17.7 Å². The number of imidazole rings is 1. The Morgan fingerprint density at radius 3 is 2.47 bits per heavy atom. The molecule has 0 saturated heterocycles. The van der Waals surface area contributed by atoms with Gasteiger partial charge in [0.1, 0.15) is 12.1 Å². The molecule has 192 valence electrons. The van der Waals surface area contributed by atoms with Gasteiger partial charge in [-0.3, -0.25) is 14.4 Å². The molecule has 0 fully saturated rings. The van der Waals surface area contributed by atoms with Crippen LogP contribution in [0.1, 0.15) is 25.1 Å². The molecule has 3 atom stereocenters. The molecular weight excluding hydrogens is 466 g/mol. The van der Waals surface area contributed by atoms with Crippen molar-refractivity contribution >= 4 is 34.6 Å². The van der Waals surface area contributed by atoms with Crippen molar-refractivity contribution < 1.29 is 24.3 Å². The minimum Gasteiger partial charge on any atom is -0.480 e. The quantitative estimate of drug-likeness (QED) is 0.180. The van der Waals surface area contributed by atoms with Crippen molar-refractivity contribution in [2.45, 2.75) is 44.8 Å². The number of nitrogens with two attached hydrogens (primary N) is 1. The third kappa shape index (κ3) is 6.92. The first kappa shape index (κ1) is 26.4. The number of carboxylic acids is 1. The lowest BCUT2D eigenvalue weighted by atomic mass is 10.0. The van der Waals surface area contributed by atoms with Gasteiger partial charge in [0, 0.05) is 35.4 Å². The fraction of sp³-hybridized carbons (Fsp3) is 0.375. The zero-order valence-corrected chi connectivity index (χ0v) is 20.1. The molecule has 2 aromatic heterocycles. The summed E-state index contributed by atoms with van der Waals surface area (Å²) in [6, 6.07) is 4.65. The Labute approximate surface area is 207 Å². The number of H-pyrrole nitrogens is 2. The maximum Gasteiger partial charge on any atom is 0.326 e. The third-order valence-corrected chi connectivity index (χ3v) is 5.73. The first-order chi connectivity index (χ1) is 17.2. The van der Waals surface area contributed by atoms with Gasteiger partial charge in [-0.1, -0.05) is 32.0 Å². The number of nitrogens with one attached hydrogen (secondary N) is 5. The predicted molar refractivity (Wildman–Crippen MR) is 132 cm³/mol. The summed E-state index contributed by atoms with van der Waals surface area (Å²) in [6.45, 7) is 3.05. The summed E-state index contributed by atoms with van der Waals surface area (Å²) >= 11 is 0. The molecule has 0 saturated carbocycles. The highest BCUT2D eigenvalue weighted by molar-refractivity contribution is 5.93. The second kappa shape index (κ2) is 12.0. The van der Waals surface area contributed by atoms with Crippen LogP contribution in [0, 0.1) is 5.92 Å². The number of aromatic amines is 2. The molecule has 1 aromatic carbocycles. The number of amides is 3. The van der Waals surface area contributed by atoms with Gasteiger partial charge >= 0.3 is 5.97 Å². The van der Waals surface area contributed by atoms with E-state index in [1.54, 1.807) is 20.0 Å².